The molecule has 0 fully saturated rings. The van der Waals surface area contributed by atoms with Crippen molar-refractivity contribution in [2.45, 2.75) is 94.3 Å². The fraction of sp³-hybridized carbons (Fsp3) is 0.571. The van der Waals surface area contributed by atoms with Crippen molar-refractivity contribution in [3.63, 3.8) is 0 Å². The van der Waals surface area contributed by atoms with Gasteiger partial charge in [0.15, 0.2) is 0 Å². The molecule has 168 valence electrons. The molecule has 0 saturated heterocycles. The lowest BCUT2D eigenvalue weighted by atomic mass is 9.98. The molecule has 0 spiro atoms. The molecule has 0 atom stereocenters. The minimum Gasteiger partial charge on any atom is -0.491 e. The van der Waals surface area contributed by atoms with Gasteiger partial charge in [-0.3, -0.25) is 0 Å². The zero-order chi connectivity index (χ0) is 22.8. The molecule has 0 aliphatic carbocycles. The molecule has 0 bridgehead atoms. The molecule has 0 heterocycles. The third-order valence-electron chi connectivity index (χ3n) is 4.46. The predicted octanol–water partition coefficient (Wildman–Crippen LogP) is 7.96. The van der Waals surface area contributed by atoms with Crippen LogP contribution in [0.3, 0.4) is 0 Å². The van der Waals surface area contributed by atoms with Crippen LogP contribution in [0.5, 0.6) is 11.5 Å². The second-order valence-electron chi connectivity index (χ2n) is 9.73. The Labute approximate surface area is 186 Å². The largest absolute Gasteiger partial charge is 0.491 e. The summed E-state index contributed by atoms with van der Waals surface area (Å²) in [6.45, 7) is 21.5. The molecule has 0 aromatic heterocycles. The molecule has 0 aliphatic heterocycles. The Morgan fingerprint density at radius 1 is 0.600 bits per heavy atom. The molecule has 2 rings (SSSR count). The molecular weight excluding hydrogens is 368 g/mol. The normalized spacial score (nSPS) is 11.1. The topological polar surface area (TPSA) is 18.5 Å². The quantitative estimate of drug-likeness (QED) is 0.438. The molecule has 2 aromatic rings. The van der Waals surface area contributed by atoms with E-state index < -0.39 is 0 Å². The molecule has 30 heavy (non-hydrogen) atoms. The van der Waals surface area contributed by atoms with Crippen molar-refractivity contribution in [2.24, 2.45) is 11.8 Å². The lowest BCUT2D eigenvalue weighted by Gasteiger charge is -2.17. The number of rotatable bonds is 8. The summed E-state index contributed by atoms with van der Waals surface area (Å²) < 4.78 is 11.4. The summed E-state index contributed by atoms with van der Waals surface area (Å²) in [6.07, 6.45) is 2.78. The predicted molar refractivity (Wildman–Crippen MR) is 131 cm³/mol. The molecule has 0 N–H and O–H groups in total. The summed E-state index contributed by atoms with van der Waals surface area (Å²) in [7, 11) is 0. The van der Waals surface area contributed by atoms with Crippen LogP contribution in [-0.4, -0.2) is 12.2 Å². The van der Waals surface area contributed by atoms with Gasteiger partial charge < -0.3 is 9.47 Å². The number of benzene rings is 2. The molecule has 0 unspecified atom stereocenters. The molecule has 0 radical (unpaired) electrons. The van der Waals surface area contributed by atoms with Crippen molar-refractivity contribution in [2.75, 3.05) is 0 Å². The van der Waals surface area contributed by atoms with Crippen molar-refractivity contribution < 1.29 is 9.47 Å². The molecule has 0 amide bonds. The molecule has 0 aliphatic rings. The number of hydrogen-bond acceptors (Lipinski definition) is 2. The standard InChI is InChI=1S/C15H24O.C13H20O/c1-10(2)7-14-8-12(5)15(13(6)9-14)16-11(3)4;1-10(2)9-12-5-7-13(8-6-12)14-11(3)4/h8-11H,7H2,1-6H3;5-8,10-11H,9H2,1-4H3. The summed E-state index contributed by atoms with van der Waals surface area (Å²) >= 11 is 0. The maximum atomic E-state index is 5.84. The Kier molecular flexibility index (Phi) is 11.0. The van der Waals surface area contributed by atoms with Crippen LogP contribution in [0.4, 0.5) is 0 Å². The molecular formula is C28H44O2. The minimum absolute atomic E-state index is 0.244. The van der Waals surface area contributed by atoms with E-state index in [9.17, 15) is 0 Å². The van der Waals surface area contributed by atoms with Gasteiger partial charge >= 0.3 is 0 Å². The van der Waals surface area contributed by atoms with Crippen LogP contribution >= 0.6 is 0 Å². The summed E-state index contributed by atoms with van der Waals surface area (Å²) in [5.74, 6) is 3.44. The zero-order valence-corrected chi connectivity index (χ0v) is 21.0. The van der Waals surface area contributed by atoms with Gasteiger partial charge in [-0.1, -0.05) is 52.0 Å². The lowest BCUT2D eigenvalue weighted by Crippen LogP contribution is -2.08. The fourth-order valence-electron chi connectivity index (χ4n) is 3.50. The second-order valence-corrected chi connectivity index (χ2v) is 9.73. The van der Waals surface area contributed by atoms with Gasteiger partial charge in [0.25, 0.3) is 0 Å². The van der Waals surface area contributed by atoms with E-state index in [2.05, 4.69) is 91.8 Å². The number of hydrogen-bond donors (Lipinski definition) is 0. The van der Waals surface area contributed by atoms with Gasteiger partial charge in [0.1, 0.15) is 11.5 Å². The van der Waals surface area contributed by atoms with E-state index in [0.29, 0.717) is 11.8 Å². The summed E-state index contributed by atoms with van der Waals surface area (Å²) in [6, 6.07) is 12.9. The van der Waals surface area contributed by atoms with Crippen LogP contribution < -0.4 is 9.47 Å². The Morgan fingerprint density at radius 3 is 1.43 bits per heavy atom. The monoisotopic (exact) mass is 412 g/mol. The second kappa shape index (κ2) is 12.7. The van der Waals surface area contributed by atoms with Crippen molar-refractivity contribution in [3.8, 4) is 11.5 Å². The van der Waals surface area contributed by atoms with E-state index >= 15 is 0 Å². The van der Waals surface area contributed by atoms with Crippen molar-refractivity contribution in [3.05, 3.63) is 58.7 Å². The zero-order valence-electron chi connectivity index (χ0n) is 21.0. The SMILES string of the molecule is CC(C)Cc1ccc(OC(C)C)cc1.Cc1cc(CC(C)C)cc(C)c1OC(C)C. The van der Waals surface area contributed by atoms with E-state index in [1.165, 1.54) is 22.3 Å². The Morgan fingerprint density at radius 2 is 1.03 bits per heavy atom. The van der Waals surface area contributed by atoms with E-state index in [1.54, 1.807) is 0 Å². The van der Waals surface area contributed by atoms with E-state index in [-0.39, 0.29) is 12.2 Å². The van der Waals surface area contributed by atoms with Gasteiger partial charge in [-0.25, -0.2) is 0 Å². The van der Waals surface area contributed by atoms with Crippen LogP contribution in [0.1, 0.15) is 77.6 Å². The smallest absolute Gasteiger partial charge is 0.125 e. The molecule has 0 saturated carbocycles. The number of aryl methyl sites for hydroxylation is 2. The van der Waals surface area contributed by atoms with Gasteiger partial charge in [0.2, 0.25) is 0 Å². The fourth-order valence-corrected chi connectivity index (χ4v) is 3.50. The first-order valence-electron chi connectivity index (χ1n) is 11.5. The third-order valence-corrected chi connectivity index (χ3v) is 4.46. The van der Waals surface area contributed by atoms with Crippen LogP contribution in [0.15, 0.2) is 36.4 Å². The van der Waals surface area contributed by atoms with Gasteiger partial charge in [0.05, 0.1) is 12.2 Å². The first-order valence-corrected chi connectivity index (χ1v) is 11.5. The average molecular weight is 413 g/mol. The van der Waals surface area contributed by atoms with Crippen molar-refractivity contribution >= 4 is 0 Å². The maximum Gasteiger partial charge on any atom is 0.125 e. The van der Waals surface area contributed by atoms with E-state index in [4.69, 9.17) is 9.47 Å². The van der Waals surface area contributed by atoms with Gasteiger partial charge in [-0.15, -0.1) is 0 Å². The molecule has 2 heteroatoms. The van der Waals surface area contributed by atoms with Gasteiger partial charge in [-0.05, 0) is 101 Å². The lowest BCUT2D eigenvalue weighted by molar-refractivity contribution is 0.239. The minimum atomic E-state index is 0.244. The first kappa shape index (κ1) is 26.1. The molecule has 2 nitrogen and oxygen atoms in total. The van der Waals surface area contributed by atoms with Crippen LogP contribution in [0.2, 0.25) is 0 Å². The maximum absolute atomic E-state index is 5.84. The van der Waals surface area contributed by atoms with Crippen LogP contribution in [0.25, 0.3) is 0 Å². The highest BCUT2D eigenvalue weighted by Crippen LogP contribution is 2.27. The van der Waals surface area contributed by atoms with E-state index in [0.717, 1.165) is 24.3 Å². The van der Waals surface area contributed by atoms with Crippen LogP contribution in [0, 0.1) is 25.7 Å². The van der Waals surface area contributed by atoms with E-state index in [1.807, 2.05) is 13.8 Å². The third kappa shape index (κ3) is 10.2. The first-order chi connectivity index (χ1) is 14.0. The summed E-state index contributed by atoms with van der Waals surface area (Å²) in [4.78, 5) is 0. The summed E-state index contributed by atoms with van der Waals surface area (Å²) in [5, 5.41) is 0. The summed E-state index contributed by atoms with van der Waals surface area (Å²) in [5.41, 5.74) is 5.31. The highest BCUT2D eigenvalue weighted by atomic mass is 16.5. The van der Waals surface area contributed by atoms with Crippen LogP contribution in [-0.2, 0) is 12.8 Å². The highest BCUT2D eigenvalue weighted by molar-refractivity contribution is 5.43. The average Bonchev–Trinajstić information content (AvgIpc) is 2.59. The Bertz CT molecular complexity index is 688. The van der Waals surface area contributed by atoms with Crippen molar-refractivity contribution in [1.29, 1.82) is 0 Å². The molecule has 2 aromatic carbocycles. The van der Waals surface area contributed by atoms with Crippen molar-refractivity contribution in [1.82, 2.24) is 0 Å². The van der Waals surface area contributed by atoms with Gasteiger partial charge in [0, 0.05) is 0 Å². The Hall–Kier alpha value is -1.96. The Balaban J connectivity index is 0.000000303. The number of ether oxygens (including phenoxy) is 2. The highest BCUT2D eigenvalue weighted by Gasteiger charge is 2.09. The van der Waals surface area contributed by atoms with Gasteiger partial charge in [-0.2, -0.15) is 0 Å².